The molecule has 0 atom stereocenters. The minimum absolute atomic E-state index is 0.193. The van der Waals surface area contributed by atoms with Crippen LogP contribution in [0.3, 0.4) is 0 Å². The zero-order valence-electron chi connectivity index (χ0n) is 9.69. The van der Waals surface area contributed by atoms with Gasteiger partial charge in [-0.3, -0.25) is 9.89 Å². The molecule has 17 heavy (non-hydrogen) atoms. The second-order valence-electron chi connectivity index (χ2n) is 3.64. The number of aromatic nitrogens is 4. The highest BCUT2D eigenvalue weighted by Crippen LogP contribution is 2.11. The fourth-order valence-corrected chi connectivity index (χ4v) is 1.49. The van der Waals surface area contributed by atoms with Crippen molar-refractivity contribution in [2.24, 2.45) is 0 Å². The molecule has 0 bridgehead atoms. The number of rotatable bonds is 3. The lowest BCUT2D eigenvalue weighted by atomic mass is 10.1. The van der Waals surface area contributed by atoms with E-state index in [9.17, 15) is 4.79 Å². The number of hydrogen-bond acceptors (Lipinski definition) is 4. The molecule has 2 aromatic heterocycles. The van der Waals surface area contributed by atoms with E-state index in [0.717, 1.165) is 5.69 Å². The van der Waals surface area contributed by atoms with Crippen LogP contribution in [-0.4, -0.2) is 26.3 Å². The van der Waals surface area contributed by atoms with Gasteiger partial charge in [-0.15, -0.1) is 0 Å². The molecule has 0 saturated carbocycles. The molecule has 2 aromatic rings. The van der Waals surface area contributed by atoms with Crippen molar-refractivity contribution in [3.8, 4) is 0 Å². The molecule has 0 aliphatic rings. The third-order valence-electron chi connectivity index (χ3n) is 2.33. The molecule has 0 radical (unpaired) electrons. The topological polar surface area (TPSA) is 83.6 Å². The number of aryl methyl sites for hydroxylation is 2. The molecule has 0 unspecified atom stereocenters. The molecule has 2 heterocycles. The zero-order chi connectivity index (χ0) is 12.3. The number of nitrogens with zero attached hydrogens (tertiary/aromatic N) is 3. The summed E-state index contributed by atoms with van der Waals surface area (Å²) >= 11 is 0. The normalized spacial score (nSPS) is 10.2. The molecule has 88 valence electrons. The van der Waals surface area contributed by atoms with Gasteiger partial charge in [0.25, 0.3) is 5.91 Å². The van der Waals surface area contributed by atoms with Crippen molar-refractivity contribution in [3.05, 3.63) is 35.4 Å². The lowest BCUT2D eigenvalue weighted by Crippen LogP contribution is -2.15. The lowest BCUT2D eigenvalue weighted by Gasteiger charge is -2.06. The monoisotopic (exact) mass is 231 g/mol. The molecule has 0 saturated heterocycles. The second kappa shape index (κ2) is 4.73. The van der Waals surface area contributed by atoms with E-state index in [4.69, 9.17) is 0 Å². The lowest BCUT2D eigenvalue weighted by molar-refractivity contribution is 0.102. The fraction of sp³-hybridized carbons (Fsp3) is 0.273. The van der Waals surface area contributed by atoms with Gasteiger partial charge >= 0.3 is 0 Å². The molecule has 0 aromatic carbocycles. The first-order valence-corrected chi connectivity index (χ1v) is 5.34. The number of nitrogens with one attached hydrogen (secondary N) is 2. The average molecular weight is 231 g/mol. The van der Waals surface area contributed by atoms with E-state index in [1.807, 2.05) is 6.92 Å². The van der Waals surface area contributed by atoms with E-state index in [2.05, 4.69) is 25.7 Å². The first kappa shape index (κ1) is 11.3. The molecule has 1 amide bonds. The number of carbonyl (C=O) groups excluding carboxylic acids is 1. The number of hydrogen-bond donors (Lipinski definition) is 2. The van der Waals surface area contributed by atoms with E-state index in [1.165, 1.54) is 0 Å². The van der Waals surface area contributed by atoms with Crippen molar-refractivity contribution in [3.63, 3.8) is 0 Å². The largest absolute Gasteiger partial charge is 0.319 e. The van der Waals surface area contributed by atoms with Crippen LogP contribution < -0.4 is 5.32 Å². The number of H-pyrrole nitrogens is 1. The van der Waals surface area contributed by atoms with Gasteiger partial charge in [-0.2, -0.15) is 15.3 Å². The Hall–Kier alpha value is -2.24. The van der Waals surface area contributed by atoms with Crippen LogP contribution in [0.4, 0.5) is 5.69 Å². The Balaban J connectivity index is 2.26. The number of carbonyl (C=O) groups is 1. The van der Waals surface area contributed by atoms with Gasteiger partial charge in [-0.05, 0) is 19.4 Å². The van der Waals surface area contributed by atoms with E-state index in [0.29, 0.717) is 23.4 Å². The summed E-state index contributed by atoms with van der Waals surface area (Å²) in [5.74, 6) is -0.193. The number of amides is 1. The van der Waals surface area contributed by atoms with E-state index in [1.54, 1.807) is 25.4 Å². The van der Waals surface area contributed by atoms with Gasteiger partial charge in [0.05, 0.1) is 28.8 Å². The Kier molecular flexibility index (Phi) is 3.13. The Morgan fingerprint density at radius 3 is 2.94 bits per heavy atom. The van der Waals surface area contributed by atoms with Crippen LogP contribution in [-0.2, 0) is 6.42 Å². The predicted molar refractivity (Wildman–Crippen MR) is 62.7 cm³/mol. The van der Waals surface area contributed by atoms with Crippen LogP contribution >= 0.6 is 0 Å². The third kappa shape index (κ3) is 2.47. The Morgan fingerprint density at radius 1 is 1.47 bits per heavy atom. The van der Waals surface area contributed by atoms with Gasteiger partial charge in [-0.25, -0.2) is 0 Å². The molecule has 0 fully saturated rings. The molecule has 0 spiro atoms. The quantitative estimate of drug-likeness (QED) is 0.834. The Labute approximate surface area is 98.5 Å². The Morgan fingerprint density at radius 2 is 2.29 bits per heavy atom. The molecule has 2 rings (SSSR count). The summed E-state index contributed by atoms with van der Waals surface area (Å²) in [4.78, 5) is 12.0. The van der Waals surface area contributed by atoms with Crippen LogP contribution in [0.1, 0.15) is 28.7 Å². The summed E-state index contributed by atoms with van der Waals surface area (Å²) in [5.41, 5.74) is 2.60. The molecule has 6 nitrogen and oxygen atoms in total. The molecule has 6 heteroatoms. The van der Waals surface area contributed by atoms with Crippen LogP contribution in [0.5, 0.6) is 0 Å². The highest BCUT2D eigenvalue weighted by Gasteiger charge is 2.13. The second-order valence-corrected chi connectivity index (χ2v) is 3.64. The maximum Gasteiger partial charge on any atom is 0.257 e. The smallest absolute Gasteiger partial charge is 0.257 e. The first-order valence-electron chi connectivity index (χ1n) is 5.34. The Bertz CT molecular complexity index is 521. The van der Waals surface area contributed by atoms with Crippen LogP contribution in [0.25, 0.3) is 0 Å². The van der Waals surface area contributed by atoms with E-state index >= 15 is 0 Å². The van der Waals surface area contributed by atoms with Crippen LogP contribution in [0, 0.1) is 6.92 Å². The molecule has 0 aliphatic heterocycles. The van der Waals surface area contributed by atoms with Gasteiger partial charge in [0, 0.05) is 6.20 Å². The van der Waals surface area contributed by atoms with Crippen molar-refractivity contribution < 1.29 is 4.79 Å². The van der Waals surface area contributed by atoms with Crippen molar-refractivity contribution in [2.75, 3.05) is 5.32 Å². The fourth-order valence-electron chi connectivity index (χ4n) is 1.49. The van der Waals surface area contributed by atoms with Gasteiger partial charge in [-0.1, -0.05) is 6.92 Å². The van der Waals surface area contributed by atoms with Crippen molar-refractivity contribution in [2.45, 2.75) is 20.3 Å². The summed E-state index contributed by atoms with van der Waals surface area (Å²) in [6.45, 7) is 3.75. The highest BCUT2D eigenvalue weighted by molar-refractivity contribution is 6.04. The van der Waals surface area contributed by atoms with Gasteiger partial charge in [0.1, 0.15) is 0 Å². The summed E-state index contributed by atoms with van der Waals surface area (Å²) in [5, 5.41) is 17.1. The minimum atomic E-state index is -0.193. The molecule has 0 aliphatic carbocycles. The first-order chi connectivity index (χ1) is 8.20. The third-order valence-corrected chi connectivity index (χ3v) is 2.33. The van der Waals surface area contributed by atoms with E-state index in [-0.39, 0.29) is 5.91 Å². The zero-order valence-corrected chi connectivity index (χ0v) is 9.69. The van der Waals surface area contributed by atoms with Gasteiger partial charge in [0.15, 0.2) is 0 Å². The minimum Gasteiger partial charge on any atom is -0.319 e. The maximum absolute atomic E-state index is 12.0. The molecule has 2 N–H and O–H groups in total. The summed E-state index contributed by atoms with van der Waals surface area (Å²) in [6.07, 6.45) is 3.83. The van der Waals surface area contributed by atoms with Gasteiger partial charge < -0.3 is 5.32 Å². The highest BCUT2D eigenvalue weighted by atomic mass is 16.1. The van der Waals surface area contributed by atoms with Crippen molar-refractivity contribution >= 4 is 11.6 Å². The number of aromatic amines is 1. The summed E-state index contributed by atoms with van der Waals surface area (Å²) in [7, 11) is 0. The van der Waals surface area contributed by atoms with E-state index < -0.39 is 0 Å². The van der Waals surface area contributed by atoms with Crippen LogP contribution in [0.15, 0.2) is 18.5 Å². The maximum atomic E-state index is 12.0. The SMILES string of the molecule is CCc1nnc(C)cc1C(=O)Nc1cn[nH]c1. The summed E-state index contributed by atoms with van der Waals surface area (Å²) in [6, 6.07) is 1.74. The molecular formula is C11H13N5O. The molecular weight excluding hydrogens is 218 g/mol. The van der Waals surface area contributed by atoms with Gasteiger partial charge in [0.2, 0.25) is 0 Å². The van der Waals surface area contributed by atoms with Crippen LogP contribution in [0.2, 0.25) is 0 Å². The predicted octanol–water partition coefficient (Wildman–Crippen LogP) is 1.32. The van der Waals surface area contributed by atoms with Crippen molar-refractivity contribution in [1.29, 1.82) is 0 Å². The average Bonchev–Trinajstić information content (AvgIpc) is 2.81. The van der Waals surface area contributed by atoms with Crippen molar-refractivity contribution in [1.82, 2.24) is 20.4 Å². The standard InChI is InChI=1S/C11H13N5O/c1-3-10-9(4-7(2)15-16-10)11(17)14-8-5-12-13-6-8/h4-6H,3H2,1-2H3,(H,12,13)(H,14,17). The number of anilines is 1. The summed E-state index contributed by atoms with van der Waals surface area (Å²) < 4.78 is 0.